The summed E-state index contributed by atoms with van der Waals surface area (Å²) in [6, 6.07) is 0. The summed E-state index contributed by atoms with van der Waals surface area (Å²) in [5, 5.41) is 0. The third kappa shape index (κ3) is 52.5. The second kappa shape index (κ2) is 55.1. The molecule has 0 fully saturated rings. The van der Waals surface area contributed by atoms with E-state index in [1.807, 2.05) is 12.2 Å². The fourth-order valence-corrected chi connectivity index (χ4v) is 6.87. The van der Waals surface area contributed by atoms with Crippen LogP contribution in [0.15, 0.2) is 134 Å². The smallest absolute Gasteiger partial charge is 0.306 e. The number of ether oxygens (including phenoxy) is 3. The SMILES string of the molecule is CC/C=C\C/C=C\C/C=C\C/C=C\C/C=C\C/C=C\CCCCCCCCCCC(=O)OCC(COC(=O)CCCCCCC/C=C\CCC)OC(=O)CC/C=C\C/C=C\C/C=C\C/C=C\CC. The summed E-state index contributed by atoms with van der Waals surface area (Å²) in [5.41, 5.74) is 0. The standard InChI is InChI=1S/C62H98O6/c1-4-7-10-13-16-19-22-24-25-26-27-28-29-30-31-32-33-34-35-36-37-39-40-43-46-49-52-55-61(64)67-58-59(57-66-60(63)54-51-48-45-42-21-18-15-12-9-6-3)68-62(65)56-53-50-47-44-41-38-23-20-17-14-11-8-5-2/h7-8,10-12,15-17,19-20,24-25,27-28,30-31,33-34,38,41,47,50,59H,4-6,9,13-14,18,21-23,26,29,32,35-37,39-40,42-46,48-49,51-58H2,1-3H3/b10-7-,11-8-,15-12-,19-16-,20-17-,25-24-,28-27-,31-30-,34-33-,41-38-,50-47-. The number of hydrogen-bond donors (Lipinski definition) is 0. The highest BCUT2D eigenvalue weighted by Gasteiger charge is 2.19. The van der Waals surface area contributed by atoms with Gasteiger partial charge in [-0.15, -0.1) is 0 Å². The molecule has 0 rings (SSSR count). The molecule has 0 aliphatic carbocycles. The van der Waals surface area contributed by atoms with E-state index in [1.54, 1.807) is 0 Å². The molecule has 0 aliphatic rings. The second-order valence-corrected chi connectivity index (χ2v) is 17.4. The minimum absolute atomic E-state index is 0.118. The lowest BCUT2D eigenvalue weighted by atomic mass is 10.1. The van der Waals surface area contributed by atoms with E-state index in [4.69, 9.17) is 14.2 Å². The van der Waals surface area contributed by atoms with Crippen LogP contribution < -0.4 is 0 Å². The molecule has 6 nitrogen and oxygen atoms in total. The number of carbonyl (C=O) groups is 3. The van der Waals surface area contributed by atoms with Crippen LogP contribution in [0.2, 0.25) is 0 Å². The van der Waals surface area contributed by atoms with Gasteiger partial charge in [0.05, 0.1) is 0 Å². The molecule has 68 heavy (non-hydrogen) atoms. The zero-order valence-corrected chi connectivity index (χ0v) is 43.6. The van der Waals surface area contributed by atoms with Gasteiger partial charge in [-0.2, -0.15) is 0 Å². The van der Waals surface area contributed by atoms with Crippen molar-refractivity contribution >= 4 is 17.9 Å². The van der Waals surface area contributed by atoms with Crippen molar-refractivity contribution < 1.29 is 28.6 Å². The van der Waals surface area contributed by atoms with Gasteiger partial charge in [0.1, 0.15) is 13.2 Å². The molecular formula is C62H98O6. The van der Waals surface area contributed by atoms with E-state index < -0.39 is 12.1 Å². The van der Waals surface area contributed by atoms with E-state index >= 15 is 0 Å². The first-order valence-electron chi connectivity index (χ1n) is 27.2. The number of allylic oxidation sites excluding steroid dienone is 22. The minimum Gasteiger partial charge on any atom is -0.462 e. The molecule has 382 valence electrons. The summed E-state index contributed by atoms with van der Waals surface area (Å²) >= 11 is 0. The quantitative estimate of drug-likeness (QED) is 0.0262. The molecule has 0 saturated carbocycles. The van der Waals surface area contributed by atoms with Crippen LogP contribution >= 0.6 is 0 Å². The van der Waals surface area contributed by atoms with Crippen LogP contribution in [0, 0.1) is 0 Å². The average molecular weight is 939 g/mol. The molecule has 0 aromatic carbocycles. The van der Waals surface area contributed by atoms with Crippen molar-refractivity contribution in [2.24, 2.45) is 0 Å². The summed E-state index contributed by atoms with van der Waals surface area (Å²) in [5.74, 6) is -1.03. The molecule has 0 aliphatic heterocycles. The van der Waals surface area contributed by atoms with Gasteiger partial charge in [0.25, 0.3) is 0 Å². The van der Waals surface area contributed by atoms with Gasteiger partial charge in [-0.25, -0.2) is 0 Å². The fraction of sp³-hybridized carbons (Fsp3) is 0.597. The van der Waals surface area contributed by atoms with Crippen molar-refractivity contribution in [1.82, 2.24) is 0 Å². The van der Waals surface area contributed by atoms with Crippen LogP contribution in [0.25, 0.3) is 0 Å². The molecule has 0 aromatic rings. The first-order valence-corrected chi connectivity index (χ1v) is 27.2. The van der Waals surface area contributed by atoms with Gasteiger partial charge in [-0.1, -0.05) is 219 Å². The van der Waals surface area contributed by atoms with Crippen LogP contribution in [-0.2, 0) is 28.6 Å². The van der Waals surface area contributed by atoms with Crippen LogP contribution in [-0.4, -0.2) is 37.2 Å². The Balaban J connectivity index is 4.33. The summed E-state index contributed by atoms with van der Waals surface area (Å²) < 4.78 is 16.7. The van der Waals surface area contributed by atoms with Crippen molar-refractivity contribution in [3.05, 3.63) is 134 Å². The Morgan fingerprint density at radius 3 is 0.971 bits per heavy atom. The predicted molar refractivity (Wildman–Crippen MR) is 292 cm³/mol. The van der Waals surface area contributed by atoms with Crippen molar-refractivity contribution in [3.8, 4) is 0 Å². The van der Waals surface area contributed by atoms with Crippen molar-refractivity contribution in [3.63, 3.8) is 0 Å². The van der Waals surface area contributed by atoms with Crippen LogP contribution in [0.3, 0.4) is 0 Å². The Morgan fingerprint density at radius 2 is 0.603 bits per heavy atom. The van der Waals surface area contributed by atoms with Gasteiger partial charge in [-0.3, -0.25) is 14.4 Å². The zero-order chi connectivity index (χ0) is 49.3. The zero-order valence-electron chi connectivity index (χ0n) is 43.6. The molecule has 6 heteroatoms. The molecule has 1 unspecified atom stereocenters. The van der Waals surface area contributed by atoms with Gasteiger partial charge < -0.3 is 14.2 Å². The fourth-order valence-electron chi connectivity index (χ4n) is 6.87. The third-order valence-corrected chi connectivity index (χ3v) is 10.9. The van der Waals surface area contributed by atoms with Gasteiger partial charge in [0.15, 0.2) is 6.10 Å². The summed E-state index contributed by atoms with van der Waals surface area (Å²) in [7, 11) is 0. The lowest BCUT2D eigenvalue weighted by Gasteiger charge is -2.18. The number of rotatable bonds is 47. The molecule has 0 spiro atoms. The van der Waals surface area contributed by atoms with Crippen LogP contribution in [0.4, 0.5) is 0 Å². The van der Waals surface area contributed by atoms with Gasteiger partial charge in [0.2, 0.25) is 0 Å². The maximum Gasteiger partial charge on any atom is 0.306 e. The molecule has 0 radical (unpaired) electrons. The molecule has 1 atom stereocenters. The molecule has 0 heterocycles. The molecule has 0 amide bonds. The highest BCUT2D eigenvalue weighted by Crippen LogP contribution is 2.13. The van der Waals surface area contributed by atoms with E-state index in [0.29, 0.717) is 19.3 Å². The number of carbonyl (C=O) groups excluding carboxylic acids is 3. The second-order valence-electron chi connectivity index (χ2n) is 17.4. The summed E-state index contributed by atoms with van der Waals surface area (Å²) in [6.07, 6.45) is 77.5. The number of esters is 3. The Bertz CT molecular complexity index is 1500. The molecule has 0 bridgehead atoms. The molecule has 0 saturated heterocycles. The van der Waals surface area contributed by atoms with Gasteiger partial charge in [-0.05, 0) is 116 Å². The first-order chi connectivity index (χ1) is 33.5. The summed E-state index contributed by atoms with van der Waals surface area (Å²) in [4.78, 5) is 37.9. The van der Waals surface area contributed by atoms with Crippen molar-refractivity contribution in [2.75, 3.05) is 13.2 Å². The van der Waals surface area contributed by atoms with Gasteiger partial charge in [0, 0.05) is 19.3 Å². The lowest BCUT2D eigenvalue weighted by Crippen LogP contribution is -2.30. The van der Waals surface area contributed by atoms with Gasteiger partial charge >= 0.3 is 17.9 Å². The maximum absolute atomic E-state index is 12.7. The van der Waals surface area contributed by atoms with Crippen LogP contribution in [0.1, 0.15) is 220 Å². The highest BCUT2D eigenvalue weighted by molar-refractivity contribution is 5.71. The Hall–Kier alpha value is -4.45. The minimum atomic E-state index is -0.826. The number of hydrogen-bond acceptors (Lipinski definition) is 6. The first kappa shape index (κ1) is 63.5. The van der Waals surface area contributed by atoms with E-state index in [0.717, 1.165) is 128 Å². The molecular weight excluding hydrogens is 841 g/mol. The molecule has 0 N–H and O–H groups in total. The topological polar surface area (TPSA) is 78.9 Å². The predicted octanol–water partition coefficient (Wildman–Crippen LogP) is 18.3. The molecule has 0 aromatic heterocycles. The van der Waals surface area contributed by atoms with E-state index in [2.05, 4.69) is 142 Å². The van der Waals surface area contributed by atoms with E-state index in [1.165, 1.54) is 44.9 Å². The van der Waals surface area contributed by atoms with E-state index in [-0.39, 0.29) is 31.6 Å². The third-order valence-electron chi connectivity index (χ3n) is 10.9. The van der Waals surface area contributed by atoms with E-state index in [9.17, 15) is 14.4 Å². The lowest BCUT2D eigenvalue weighted by molar-refractivity contribution is -0.166. The summed E-state index contributed by atoms with van der Waals surface area (Å²) in [6.45, 7) is 6.25. The average Bonchev–Trinajstić information content (AvgIpc) is 3.34. The number of unbranched alkanes of at least 4 members (excludes halogenated alkanes) is 14. The Labute approximate surface area is 417 Å². The maximum atomic E-state index is 12.7. The Morgan fingerprint density at radius 1 is 0.309 bits per heavy atom. The monoisotopic (exact) mass is 939 g/mol. The highest BCUT2D eigenvalue weighted by atomic mass is 16.6. The van der Waals surface area contributed by atoms with Crippen molar-refractivity contribution in [1.29, 1.82) is 0 Å². The van der Waals surface area contributed by atoms with Crippen molar-refractivity contribution in [2.45, 2.75) is 226 Å². The largest absolute Gasteiger partial charge is 0.462 e. The Kier molecular flexibility index (Phi) is 51.5. The van der Waals surface area contributed by atoms with Crippen LogP contribution in [0.5, 0.6) is 0 Å². The normalized spacial score (nSPS) is 13.2.